The molecule has 6 heteroatoms. The molecule has 2 saturated heterocycles. The molecule has 2 aliphatic rings. The quantitative estimate of drug-likeness (QED) is 0.614. The van der Waals surface area contributed by atoms with E-state index in [9.17, 15) is 14.4 Å². The lowest BCUT2D eigenvalue weighted by Gasteiger charge is -2.23. The van der Waals surface area contributed by atoms with Crippen LogP contribution in [0.2, 0.25) is 0 Å². The Hall–Kier alpha value is -2.21. The van der Waals surface area contributed by atoms with Gasteiger partial charge in [-0.1, -0.05) is 17.7 Å². The second-order valence-electron chi connectivity index (χ2n) is 6.12. The third-order valence-corrected chi connectivity index (χ3v) is 4.60. The number of likely N-dealkylation sites (N-methyl/N-ethyl adjacent to an activating group) is 1. The average Bonchev–Trinajstić information content (AvgIpc) is 2.97. The Morgan fingerprint density at radius 3 is 2.48 bits per heavy atom. The number of benzene rings is 1. The van der Waals surface area contributed by atoms with Crippen molar-refractivity contribution >= 4 is 23.5 Å². The standard InChI is InChI=1S/C17H20N2O4/c1-4-23-17(22)14-13-12(9-18(14)3)15(20)19(16(13)21)11-7-5-10(2)6-8-11/h5-8,12-14H,4,9H2,1-3H3/t12-,13-,14-/m1/s1. The summed E-state index contributed by atoms with van der Waals surface area (Å²) < 4.78 is 5.08. The number of esters is 1. The van der Waals surface area contributed by atoms with Crippen molar-refractivity contribution in [1.29, 1.82) is 0 Å². The molecule has 2 aliphatic heterocycles. The van der Waals surface area contributed by atoms with Crippen LogP contribution in [0.4, 0.5) is 5.69 Å². The molecule has 122 valence electrons. The van der Waals surface area contributed by atoms with Crippen LogP contribution in [0.25, 0.3) is 0 Å². The van der Waals surface area contributed by atoms with E-state index in [2.05, 4.69) is 0 Å². The highest BCUT2D eigenvalue weighted by Gasteiger charge is 2.59. The maximum absolute atomic E-state index is 12.8. The number of rotatable bonds is 3. The van der Waals surface area contributed by atoms with Crippen LogP contribution in [0.5, 0.6) is 0 Å². The number of aryl methyl sites for hydroxylation is 1. The van der Waals surface area contributed by atoms with E-state index < -0.39 is 23.8 Å². The number of hydrogen-bond acceptors (Lipinski definition) is 5. The first-order valence-corrected chi connectivity index (χ1v) is 7.77. The highest BCUT2D eigenvalue weighted by Crippen LogP contribution is 2.40. The SMILES string of the molecule is CCOC(=O)[C@H]1[C@@H]2C(=O)N(c3ccc(C)cc3)C(=O)[C@@H]2CN1C. The Labute approximate surface area is 135 Å². The fraction of sp³-hybridized carbons (Fsp3) is 0.471. The van der Waals surface area contributed by atoms with Crippen molar-refractivity contribution < 1.29 is 19.1 Å². The first kappa shape index (κ1) is 15.7. The van der Waals surface area contributed by atoms with E-state index in [-0.39, 0.29) is 18.4 Å². The normalized spacial score (nSPS) is 27.4. The van der Waals surface area contributed by atoms with Gasteiger partial charge in [-0.2, -0.15) is 0 Å². The van der Waals surface area contributed by atoms with Crippen molar-refractivity contribution in [2.75, 3.05) is 25.1 Å². The Morgan fingerprint density at radius 2 is 1.87 bits per heavy atom. The van der Waals surface area contributed by atoms with Gasteiger partial charge in [-0.05, 0) is 33.0 Å². The van der Waals surface area contributed by atoms with E-state index in [1.165, 1.54) is 4.90 Å². The highest BCUT2D eigenvalue weighted by molar-refractivity contribution is 6.23. The van der Waals surface area contributed by atoms with Crippen molar-refractivity contribution in [2.24, 2.45) is 11.8 Å². The summed E-state index contributed by atoms with van der Waals surface area (Å²) in [5, 5.41) is 0. The fourth-order valence-electron chi connectivity index (χ4n) is 3.50. The summed E-state index contributed by atoms with van der Waals surface area (Å²) in [5.74, 6) is -2.13. The van der Waals surface area contributed by atoms with Gasteiger partial charge < -0.3 is 4.74 Å². The summed E-state index contributed by atoms with van der Waals surface area (Å²) in [7, 11) is 1.75. The second-order valence-corrected chi connectivity index (χ2v) is 6.12. The molecule has 0 aromatic heterocycles. The number of carbonyl (C=O) groups excluding carboxylic acids is 3. The van der Waals surface area contributed by atoms with Crippen LogP contribution in [0.15, 0.2) is 24.3 Å². The number of fused-ring (bicyclic) bond motifs is 1. The molecule has 3 atom stereocenters. The first-order chi connectivity index (χ1) is 11.0. The Kier molecular flexibility index (Phi) is 3.93. The van der Waals surface area contributed by atoms with E-state index in [0.717, 1.165) is 5.56 Å². The van der Waals surface area contributed by atoms with Gasteiger partial charge in [0, 0.05) is 6.54 Å². The summed E-state index contributed by atoms with van der Waals surface area (Å²) in [4.78, 5) is 40.7. The number of likely N-dealkylation sites (tertiary alicyclic amines) is 1. The van der Waals surface area contributed by atoms with Crippen LogP contribution in [-0.2, 0) is 19.1 Å². The Bertz CT molecular complexity index is 655. The summed E-state index contributed by atoms with van der Waals surface area (Å²) >= 11 is 0. The number of ether oxygens (including phenoxy) is 1. The van der Waals surface area contributed by atoms with Gasteiger partial charge in [0.2, 0.25) is 11.8 Å². The molecule has 0 spiro atoms. The number of amides is 2. The van der Waals surface area contributed by atoms with E-state index in [4.69, 9.17) is 4.74 Å². The lowest BCUT2D eigenvalue weighted by atomic mass is 9.93. The molecule has 0 unspecified atom stereocenters. The second kappa shape index (κ2) is 5.77. The monoisotopic (exact) mass is 316 g/mol. The highest BCUT2D eigenvalue weighted by atomic mass is 16.5. The van der Waals surface area contributed by atoms with Gasteiger partial charge in [0.1, 0.15) is 6.04 Å². The predicted octanol–water partition coefficient (Wildman–Crippen LogP) is 0.978. The Balaban J connectivity index is 1.92. The van der Waals surface area contributed by atoms with Crippen molar-refractivity contribution in [3.05, 3.63) is 29.8 Å². The van der Waals surface area contributed by atoms with Crippen LogP contribution in [-0.4, -0.2) is 48.9 Å². The van der Waals surface area contributed by atoms with E-state index in [0.29, 0.717) is 12.2 Å². The van der Waals surface area contributed by atoms with Crippen LogP contribution in [0.1, 0.15) is 12.5 Å². The van der Waals surface area contributed by atoms with Crippen molar-refractivity contribution in [3.63, 3.8) is 0 Å². The predicted molar refractivity (Wildman–Crippen MR) is 83.7 cm³/mol. The molecular weight excluding hydrogens is 296 g/mol. The minimum atomic E-state index is -0.688. The van der Waals surface area contributed by atoms with Crippen LogP contribution < -0.4 is 4.90 Å². The molecule has 0 aliphatic carbocycles. The van der Waals surface area contributed by atoms with E-state index >= 15 is 0 Å². The van der Waals surface area contributed by atoms with E-state index in [1.54, 1.807) is 31.0 Å². The smallest absolute Gasteiger partial charge is 0.324 e. The molecule has 1 aromatic carbocycles. The summed E-state index contributed by atoms with van der Waals surface area (Å²) in [6.45, 7) is 4.31. The third-order valence-electron chi connectivity index (χ3n) is 4.60. The van der Waals surface area contributed by atoms with Gasteiger partial charge in [-0.15, -0.1) is 0 Å². The lowest BCUT2D eigenvalue weighted by molar-refractivity contribution is -0.151. The number of carbonyl (C=O) groups is 3. The molecule has 2 fully saturated rings. The topological polar surface area (TPSA) is 66.9 Å². The van der Waals surface area contributed by atoms with Gasteiger partial charge in [-0.25, -0.2) is 4.90 Å². The van der Waals surface area contributed by atoms with Gasteiger partial charge in [0.05, 0.1) is 24.1 Å². The van der Waals surface area contributed by atoms with Gasteiger partial charge >= 0.3 is 5.97 Å². The number of hydrogen-bond donors (Lipinski definition) is 0. The minimum Gasteiger partial charge on any atom is -0.465 e. The summed E-state index contributed by atoms with van der Waals surface area (Å²) in [5.41, 5.74) is 1.61. The molecular formula is C17H20N2O4. The number of imide groups is 1. The van der Waals surface area contributed by atoms with E-state index in [1.807, 2.05) is 19.1 Å². The molecule has 0 radical (unpaired) electrons. The molecule has 0 bridgehead atoms. The molecule has 23 heavy (non-hydrogen) atoms. The van der Waals surface area contributed by atoms with Crippen LogP contribution in [0, 0.1) is 18.8 Å². The zero-order chi connectivity index (χ0) is 16.7. The maximum Gasteiger partial charge on any atom is 0.324 e. The summed E-state index contributed by atoms with van der Waals surface area (Å²) in [6.07, 6.45) is 0. The third kappa shape index (κ3) is 2.43. The molecule has 3 rings (SSSR count). The van der Waals surface area contributed by atoms with Crippen molar-refractivity contribution in [3.8, 4) is 0 Å². The van der Waals surface area contributed by atoms with Crippen LogP contribution >= 0.6 is 0 Å². The molecule has 0 saturated carbocycles. The molecule has 2 amide bonds. The molecule has 2 heterocycles. The Morgan fingerprint density at radius 1 is 1.22 bits per heavy atom. The van der Waals surface area contributed by atoms with Gasteiger partial charge in [0.15, 0.2) is 0 Å². The minimum absolute atomic E-state index is 0.234. The largest absolute Gasteiger partial charge is 0.465 e. The molecule has 0 N–H and O–H groups in total. The molecule has 6 nitrogen and oxygen atoms in total. The van der Waals surface area contributed by atoms with Gasteiger partial charge in [0.25, 0.3) is 0 Å². The first-order valence-electron chi connectivity index (χ1n) is 7.77. The maximum atomic E-state index is 12.8. The van der Waals surface area contributed by atoms with Crippen molar-refractivity contribution in [1.82, 2.24) is 4.90 Å². The fourth-order valence-corrected chi connectivity index (χ4v) is 3.50. The summed E-state index contributed by atoms with van der Waals surface area (Å²) in [6, 6.07) is 6.55. The average molecular weight is 316 g/mol. The van der Waals surface area contributed by atoms with Crippen molar-refractivity contribution in [2.45, 2.75) is 19.9 Å². The number of nitrogens with zero attached hydrogens (tertiary/aromatic N) is 2. The van der Waals surface area contributed by atoms with Gasteiger partial charge in [-0.3, -0.25) is 19.3 Å². The lowest BCUT2D eigenvalue weighted by Crippen LogP contribution is -2.44. The number of anilines is 1. The molecule has 1 aromatic rings. The zero-order valence-corrected chi connectivity index (χ0v) is 13.5. The zero-order valence-electron chi connectivity index (χ0n) is 13.5. The van der Waals surface area contributed by atoms with Crippen LogP contribution in [0.3, 0.4) is 0 Å².